The minimum Gasteiger partial charge on any atom is -0.235 e. The quantitative estimate of drug-likeness (QED) is 0.758. The third kappa shape index (κ3) is 1.58. The van der Waals surface area contributed by atoms with Crippen molar-refractivity contribution in [1.82, 2.24) is 25.4 Å². The highest BCUT2D eigenvalue weighted by Gasteiger charge is 2.06. The van der Waals surface area contributed by atoms with E-state index in [1.165, 1.54) is 0 Å². The van der Waals surface area contributed by atoms with Crippen LogP contribution in [0.15, 0.2) is 12.4 Å². The molecule has 0 spiro atoms. The molecule has 2 aromatic rings. The molecule has 0 aliphatic heterocycles. The smallest absolute Gasteiger partial charge is 0.182 e. The Morgan fingerprint density at radius 3 is 2.93 bits per heavy atom. The van der Waals surface area contributed by atoms with Crippen molar-refractivity contribution in [2.45, 2.75) is 12.8 Å². The van der Waals surface area contributed by atoms with Gasteiger partial charge in [0.15, 0.2) is 5.82 Å². The molecule has 0 aliphatic carbocycles. The molecule has 2 heterocycles. The number of nitrogens with zero attached hydrogens (tertiary/aromatic N) is 4. The first-order chi connectivity index (χ1) is 6.81. The van der Waals surface area contributed by atoms with Crippen LogP contribution in [0.3, 0.4) is 0 Å². The van der Waals surface area contributed by atoms with Crippen LogP contribution in [0.5, 0.6) is 0 Å². The van der Waals surface area contributed by atoms with Crippen molar-refractivity contribution in [3.05, 3.63) is 23.7 Å². The predicted octanol–water partition coefficient (Wildman–Crippen LogP) is 1.31. The average molecular weight is 210 g/mol. The summed E-state index contributed by atoms with van der Waals surface area (Å²) in [7, 11) is 0. The van der Waals surface area contributed by atoms with E-state index in [1.54, 1.807) is 12.4 Å². The number of H-pyrrole nitrogens is 1. The normalized spacial score (nSPS) is 10.4. The Morgan fingerprint density at radius 1 is 1.43 bits per heavy atom. The summed E-state index contributed by atoms with van der Waals surface area (Å²) in [4.78, 5) is 8.40. The molecule has 5 nitrogen and oxygen atoms in total. The van der Waals surface area contributed by atoms with E-state index in [1.807, 2.05) is 6.92 Å². The number of nitrogens with one attached hydrogen (secondary N) is 1. The fourth-order valence-corrected chi connectivity index (χ4v) is 1.32. The topological polar surface area (TPSA) is 67.3 Å². The van der Waals surface area contributed by atoms with E-state index < -0.39 is 0 Å². The van der Waals surface area contributed by atoms with Gasteiger partial charge in [0.05, 0.1) is 17.8 Å². The molecular weight excluding hydrogens is 202 g/mol. The van der Waals surface area contributed by atoms with Crippen LogP contribution < -0.4 is 0 Å². The third-order valence-corrected chi connectivity index (χ3v) is 2.10. The maximum Gasteiger partial charge on any atom is 0.182 e. The first-order valence-corrected chi connectivity index (χ1v) is 4.59. The zero-order chi connectivity index (χ0) is 9.97. The van der Waals surface area contributed by atoms with Crippen LogP contribution >= 0.6 is 11.6 Å². The number of hydrogen-bond acceptors (Lipinski definition) is 4. The van der Waals surface area contributed by atoms with Gasteiger partial charge in [-0.3, -0.25) is 0 Å². The highest BCUT2D eigenvalue weighted by molar-refractivity contribution is 6.17. The second-order valence-electron chi connectivity index (χ2n) is 2.81. The van der Waals surface area contributed by atoms with E-state index in [4.69, 9.17) is 11.6 Å². The summed E-state index contributed by atoms with van der Waals surface area (Å²) in [5, 5.41) is 10.1. The van der Waals surface area contributed by atoms with E-state index >= 15 is 0 Å². The standard InChI is InChI=1S/C8H8ClN5/c1-5-3-10-8(12-6(5)2-9)7-4-11-14-13-7/h3-4H,2H2,1H3,(H,11,13,14). The lowest BCUT2D eigenvalue weighted by atomic mass is 10.2. The molecule has 0 atom stereocenters. The molecule has 72 valence electrons. The summed E-state index contributed by atoms with van der Waals surface area (Å²) < 4.78 is 0. The van der Waals surface area contributed by atoms with E-state index in [0.29, 0.717) is 17.4 Å². The van der Waals surface area contributed by atoms with Crippen LogP contribution in [0.4, 0.5) is 0 Å². The maximum absolute atomic E-state index is 5.73. The van der Waals surface area contributed by atoms with Gasteiger partial charge in [-0.05, 0) is 12.5 Å². The van der Waals surface area contributed by atoms with Gasteiger partial charge in [0.25, 0.3) is 0 Å². The molecule has 0 radical (unpaired) electrons. The molecule has 0 aliphatic rings. The molecule has 1 N–H and O–H groups in total. The van der Waals surface area contributed by atoms with Crippen molar-refractivity contribution in [2.24, 2.45) is 0 Å². The summed E-state index contributed by atoms with van der Waals surface area (Å²) in [6, 6.07) is 0. The Morgan fingerprint density at radius 2 is 2.29 bits per heavy atom. The molecule has 0 unspecified atom stereocenters. The van der Waals surface area contributed by atoms with Crippen LogP contribution in [-0.4, -0.2) is 25.4 Å². The lowest BCUT2D eigenvalue weighted by Crippen LogP contribution is -1.96. The van der Waals surface area contributed by atoms with E-state index in [2.05, 4.69) is 25.4 Å². The van der Waals surface area contributed by atoms with Gasteiger partial charge < -0.3 is 0 Å². The van der Waals surface area contributed by atoms with Gasteiger partial charge in [-0.2, -0.15) is 15.4 Å². The fraction of sp³-hybridized carbons (Fsp3) is 0.250. The Kier molecular flexibility index (Phi) is 2.41. The van der Waals surface area contributed by atoms with E-state index in [9.17, 15) is 0 Å². The van der Waals surface area contributed by atoms with Gasteiger partial charge in [0, 0.05) is 6.20 Å². The minimum atomic E-state index is 0.374. The van der Waals surface area contributed by atoms with Crippen LogP contribution in [0.2, 0.25) is 0 Å². The van der Waals surface area contributed by atoms with Crippen molar-refractivity contribution in [3.8, 4) is 11.5 Å². The largest absolute Gasteiger partial charge is 0.235 e. The number of halogens is 1. The first-order valence-electron chi connectivity index (χ1n) is 4.06. The molecule has 0 fully saturated rings. The zero-order valence-corrected chi connectivity index (χ0v) is 8.28. The van der Waals surface area contributed by atoms with Gasteiger partial charge in [0.2, 0.25) is 0 Å². The highest BCUT2D eigenvalue weighted by atomic mass is 35.5. The number of aryl methyl sites for hydroxylation is 1. The van der Waals surface area contributed by atoms with Crippen LogP contribution in [-0.2, 0) is 5.88 Å². The number of hydrogen-bond donors (Lipinski definition) is 1. The number of alkyl halides is 1. The summed E-state index contributed by atoms with van der Waals surface area (Å²) in [6.07, 6.45) is 3.30. The molecule has 0 bridgehead atoms. The van der Waals surface area contributed by atoms with Crippen molar-refractivity contribution in [1.29, 1.82) is 0 Å². The molecule has 0 aromatic carbocycles. The summed E-state index contributed by atoms with van der Waals surface area (Å²) in [5.74, 6) is 0.916. The van der Waals surface area contributed by atoms with Crippen LogP contribution in [0, 0.1) is 6.92 Å². The molecular formula is C8H8ClN5. The van der Waals surface area contributed by atoms with Gasteiger partial charge in [-0.1, -0.05) is 0 Å². The Labute approximate surface area is 85.5 Å². The van der Waals surface area contributed by atoms with Gasteiger partial charge >= 0.3 is 0 Å². The summed E-state index contributed by atoms with van der Waals surface area (Å²) >= 11 is 5.73. The molecule has 0 saturated heterocycles. The van der Waals surface area contributed by atoms with Crippen molar-refractivity contribution in [3.63, 3.8) is 0 Å². The Hall–Kier alpha value is -1.49. The minimum absolute atomic E-state index is 0.374. The lowest BCUT2D eigenvalue weighted by molar-refractivity contribution is 0.935. The van der Waals surface area contributed by atoms with Gasteiger partial charge in [-0.15, -0.1) is 11.6 Å². The Bertz CT molecular complexity index is 425. The van der Waals surface area contributed by atoms with E-state index in [-0.39, 0.29) is 0 Å². The van der Waals surface area contributed by atoms with Crippen LogP contribution in [0.1, 0.15) is 11.3 Å². The summed E-state index contributed by atoms with van der Waals surface area (Å²) in [5.41, 5.74) is 2.42. The SMILES string of the molecule is Cc1cnc(-c2cn[nH]n2)nc1CCl. The summed E-state index contributed by atoms with van der Waals surface area (Å²) in [6.45, 7) is 1.92. The molecule has 14 heavy (non-hydrogen) atoms. The second-order valence-corrected chi connectivity index (χ2v) is 3.08. The van der Waals surface area contributed by atoms with Gasteiger partial charge in [-0.25, -0.2) is 9.97 Å². The first kappa shape index (κ1) is 9.08. The van der Waals surface area contributed by atoms with E-state index in [0.717, 1.165) is 11.3 Å². The molecule has 6 heteroatoms. The highest BCUT2D eigenvalue weighted by Crippen LogP contribution is 2.13. The molecule has 0 amide bonds. The maximum atomic E-state index is 5.73. The molecule has 0 saturated carbocycles. The zero-order valence-electron chi connectivity index (χ0n) is 7.53. The third-order valence-electron chi connectivity index (χ3n) is 1.85. The average Bonchev–Trinajstić information content (AvgIpc) is 2.71. The monoisotopic (exact) mass is 209 g/mol. The fourth-order valence-electron chi connectivity index (χ4n) is 1.05. The van der Waals surface area contributed by atoms with Crippen LogP contribution in [0.25, 0.3) is 11.5 Å². The number of rotatable bonds is 2. The predicted molar refractivity (Wildman–Crippen MR) is 51.7 cm³/mol. The van der Waals surface area contributed by atoms with Crippen molar-refractivity contribution in [2.75, 3.05) is 0 Å². The Balaban J connectivity index is 2.46. The molecule has 2 aromatic heterocycles. The van der Waals surface area contributed by atoms with Crippen molar-refractivity contribution >= 4 is 11.6 Å². The lowest BCUT2D eigenvalue weighted by Gasteiger charge is -2.01. The molecule has 2 rings (SSSR count). The second kappa shape index (κ2) is 3.71. The van der Waals surface area contributed by atoms with Crippen molar-refractivity contribution < 1.29 is 0 Å². The number of aromatic amines is 1. The number of aromatic nitrogens is 5. The van der Waals surface area contributed by atoms with Gasteiger partial charge in [0.1, 0.15) is 5.69 Å².